The van der Waals surface area contributed by atoms with Gasteiger partial charge in [-0.3, -0.25) is 0 Å². The zero-order valence-electron chi connectivity index (χ0n) is 12.1. The van der Waals surface area contributed by atoms with Gasteiger partial charge in [0.1, 0.15) is 5.69 Å². The van der Waals surface area contributed by atoms with E-state index in [4.69, 9.17) is 10.00 Å². The number of benzene rings is 1. The van der Waals surface area contributed by atoms with E-state index in [1.807, 2.05) is 6.92 Å². The Kier molecular flexibility index (Phi) is 5.26. The first-order valence-corrected chi connectivity index (χ1v) is 6.85. The number of nitriles is 1. The Balaban J connectivity index is 2.16. The van der Waals surface area contributed by atoms with Crippen LogP contribution in [0.15, 0.2) is 30.5 Å². The maximum Gasteiger partial charge on any atom is 0.218 e. The molecule has 0 spiro atoms. The van der Waals surface area contributed by atoms with Gasteiger partial charge in [0.05, 0.1) is 18.2 Å². The topological polar surface area (TPSA) is 57.9 Å². The molecule has 0 radical (unpaired) electrons. The molecule has 1 aromatic heterocycles. The van der Waals surface area contributed by atoms with Gasteiger partial charge in [-0.1, -0.05) is 13.0 Å². The number of anilines is 1. The third kappa shape index (κ3) is 3.70. The van der Waals surface area contributed by atoms with E-state index in [9.17, 15) is 8.78 Å². The van der Waals surface area contributed by atoms with Crippen molar-refractivity contribution >= 4 is 5.69 Å². The standard InChI is InChI=1S/C16H15F2N3O/c1-2-6-22-16-12(4-3-5-20-16)10-21-15-13(17)7-11(9-19)8-14(15)18/h3-5,7-8,21H,2,6,10H2,1H3. The van der Waals surface area contributed by atoms with Crippen LogP contribution in [0.25, 0.3) is 0 Å². The van der Waals surface area contributed by atoms with Gasteiger partial charge in [-0.15, -0.1) is 0 Å². The van der Waals surface area contributed by atoms with Crippen LogP contribution in [0.3, 0.4) is 0 Å². The minimum atomic E-state index is -0.809. The van der Waals surface area contributed by atoms with Crippen molar-refractivity contribution in [3.05, 3.63) is 53.2 Å². The molecule has 0 fully saturated rings. The second-order valence-electron chi connectivity index (χ2n) is 4.60. The second-order valence-corrected chi connectivity index (χ2v) is 4.60. The van der Waals surface area contributed by atoms with Crippen LogP contribution in [0, 0.1) is 23.0 Å². The molecule has 0 aliphatic carbocycles. The number of rotatable bonds is 6. The SMILES string of the molecule is CCCOc1ncccc1CNc1c(F)cc(C#N)cc1F. The molecule has 4 nitrogen and oxygen atoms in total. The van der Waals surface area contributed by atoms with Crippen LogP contribution in [-0.4, -0.2) is 11.6 Å². The Hall–Kier alpha value is -2.68. The number of halogens is 2. The first-order valence-electron chi connectivity index (χ1n) is 6.85. The molecule has 2 aromatic rings. The predicted molar refractivity (Wildman–Crippen MR) is 78.4 cm³/mol. The molecular weight excluding hydrogens is 288 g/mol. The number of hydrogen-bond donors (Lipinski definition) is 1. The van der Waals surface area contributed by atoms with Crippen LogP contribution in [-0.2, 0) is 6.54 Å². The van der Waals surface area contributed by atoms with Crippen LogP contribution in [0.2, 0.25) is 0 Å². The first kappa shape index (κ1) is 15.7. The summed E-state index contributed by atoms with van der Waals surface area (Å²) in [5.74, 6) is -1.18. The van der Waals surface area contributed by atoms with Gasteiger partial charge < -0.3 is 10.1 Å². The fraction of sp³-hybridized carbons (Fsp3) is 0.250. The molecule has 114 valence electrons. The molecular formula is C16H15F2N3O. The third-order valence-corrected chi connectivity index (χ3v) is 2.92. The summed E-state index contributed by atoms with van der Waals surface area (Å²) in [5.41, 5.74) is 0.359. The normalized spacial score (nSPS) is 10.1. The van der Waals surface area contributed by atoms with E-state index in [1.165, 1.54) is 0 Å². The maximum atomic E-state index is 13.8. The molecule has 0 aliphatic heterocycles. The molecule has 2 rings (SSSR count). The smallest absolute Gasteiger partial charge is 0.218 e. The largest absolute Gasteiger partial charge is 0.477 e. The third-order valence-electron chi connectivity index (χ3n) is 2.92. The summed E-state index contributed by atoms with van der Waals surface area (Å²) >= 11 is 0. The number of nitrogens with zero attached hydrogens (tertiary/aromatic N) is 2. The van der Waals surface area contributed by atoms with E-state index in [0.717, 1.165) is 18.6 Å². The van der Waals surface area contributed by atoms with Crippen molar-refractivity contribution in [2.24, 2.45) is 0 Å². The van der Waals surface area contributed by atoms with Gasteiger partial charge in [-0.05, 0) is 24.6 Å². The van der Waals surface area contributed by atoms with Crippen molar-refractivity contribution in [2.45, 2.75) is 19.9 Å². The molecule has 1 heterocycles. The zero-order chi connectivity index (χ0) is 15.9. The fourth-order valence-electron chi connectivity index (χ4n) is 1.88. The summed E-state index contributed by atoms with van der Waals surface area (Å²) in [6.07, 6.45) is 2.43. The average Bonchev–Trinajstić information content (AvgIpc) is 2.52. The molecule has 1 N–H and O–H groups in total. The van der Waals surface area contributed by atoms with Gasteiger partial charge in [0.2, 0.25) is 5.88 Å². The van der Waals surface area contributed by atoms with Crippen LogP contribution in [0.1, 0.15) is 24.5 Å². The van der Waals surface area contributed by atoms with Crippen LogP contribution < -0.4 is 10.1 Å². The Bertz CT molecular complexity index is 675. The highest BCUT2D eigenvalue weighted by molar-refractivity contribution is 5.51. The van der Waals surface area contributed by atoms with E-state index in [1.54, 1.807) is 24.4 Å². The molecule has 0 amide bonds. The van der Waals surface area contributed by atoms with E-state index < -0.39 is 11.6 Å². The van der Waals surface area contributed by atoms with Crippen molar-refractivity contribution in [3.8, 4) is 11.9 Å². The Morgan fingerprint density at radius 3 is 2.68 bits per heavy atom. The average molecular weight is 303 g/mol. The zero-order valence-corrected chi connectivity index (χ0v) is 12.1. The molecule has 22 heavy (non-hydrogen) atoms. The maximum absolute atomic E-state index is 13.8. The molecule has 1 aromatic carbocycles. The summed E-state index contributed by atoms with van der Waals surface area (Å²) in [6, 6.07) is 7.17. The monoisotopic (exact) mass is 303 g/mol. The van der Waals surface area contributed by atoms with Gasteiger partial charge in [-0.25, -0.2) is 13.8 Å². The molecule has 0 bridgehead atoms. The van der Waals surface area contributed by atoms with Crippen molar-refractivity contribution in [1.82, 2.24) is 4.98 Å². The number of ether oxygens (including phenoxy) is 1. The van der Waals surface area contributed by atoms with Gasteiger partial charge in [0.15, 0.2) is 11.6 Å². The van der Waals surface area contributed by atoms with Gasteiger partial charge >= 0.3 is 0 Å². The lowest BCUT2D eigenvalue weighted by atomic mass is 10.2. The van der Waals surface area contributed by atoms with Crippen LogP contribution in [0.4, 0.5) is 14.5 Å². The summed E-state index contributed by atoms with van der Waals surface area (Å²) in [4.78, 5) is 4.11. The van der Waals surface area contributed by atoms with Crippen molar-refractivity contribution in [2.75, 3.05) is 11.9 Å². The van der Waals surface area contributed by atoms with Gasteiger partial charge in [0.25, 0.3) is 0 Å². The van der Waals surface area contributed by atoms with Crippen molar-refractivity contribution in [1.29, 1.82) is 5.26 Å². The van der Waals surface area contributed by atoms with Gasteiger partial charge in [0, 0.05) is 18.3 Å². The Morgan fingerprint density at radius 2 is 2.05 bits per heavy atom. The molecule has 0 saturated heterocycles. The minimum absolute atomic E-state index is 0.0612. The lowest BCUT2D eigenvalue weighted by molar-refractivity contribution is 0.302. The summed E-state index contributed by atoms with van der Waals surface area (Å²) in [7, 11) is 0. The first-order chi connectivity index (χ1) is 10.7. The van der Waals surface area contributed by atoms with Gasteiger partial charge in [-0.2, -0.15) is 5.26 Å². The highest BCUT2D eigenvalue weighted by atomic mass is 19.1. The van der Waals surface area contributed by atoms with E-state index in [-0.39, 0.29) is 17.8 Å². The summed E-state index contributed by atoms with van der Waals surface area (Å²) in [5, 5.41) is 11.4. The predicted octanol–water partition coefficient (Wildman–Crippen LogP) is 3.63. The van der Waals surface area contributed by atoms with Crippen molar-refractivity contribution < 1.29 is 13.5 Å². The lowest BCUT2D eigenvalue weighted by Crippen LogP contribution is -2.08. The molecule has 0 aliphatic rings. The van der Waals surface area contributed by atoms with E-state index in [2.05, 4.69) is 10.3 Å². The summed E-state index contributed by atoms with van der Waals surface area (Å²) < 4.78 is 33.1. The van der Waals surface area contributed by atoms with Crippen LogP contribution >= 0.6 is 0 Å². The second kappa shape index (κ2) is 7.36. The minimum Gasteiger partial charge on any atom is -0.477 e. The molecule has 0 saturated carbocycles. The molecule has 6 heteroatoms. The molecule has 0 unspecified atom stereocenters. The summed E-state index contributed by atoms with van der Waals surface area (Å²) in [6.45, 7) is 2.65. The van der Waals surface area contributed by atoms with Crippen molar-refractivity contribution in [3.63, 3.8) is 0 Å². The van der Waals surface area contributed by atoms with Crippen LogP contribution in [0.5, 0.6) is 5.88 Å². The van der Waals surface area contributed by atoms with E-state index in [0.29, 0.717) is 18.1 Å². The Morgan fingerprint density at radius 1 is 1.32 bits per heavy atom. The number of pyridine rings is 1. The lowest BCUT2D eigenvalue weighted by Gasteiger charge is -2.12. The highest BCUT2D eigenvalue weighted by Crippen LogP contribution is 2.23. The highest BCUT2D eigenvalue weighted by Gasteiger charge is 2.12. The number of nitrogens with one attached hydrogen (secondary N) is 1. The molecule has 0 atom stereocenters. The fourth-order valence-corrected chi connectivity index (χ4v) is 1.88. The quantitative estimate of drug-likeness (QED) is 0.885. The number of hydrogen-bond acceptors (Lipinski definition) is 4. The van der Waals surface area contributed by atoms with E-state index >= 15 is 0 Å². The number of aromatic nitrogens is 1. The Labute approximate surface area is 127 Å².